The number of benzene rings is 1. The Kier molecular flexibility index (Phi) is 3.75. The smallest absolute Gasteiger partial charge is 0.154 e. The Hall–Kier alpha value is -0.910. The molecule has 0 aromatic heterocycles. The van der Waals surface area contributed by atoms with Gasteiger partial charge in [-0.25, -0.2) is 8.42 Å². The van der Waals surface area contributed by atoms with Crippen LogP contribution in [0, 0.1) is 0 Å². The second-order valence-electron chi connectivity index (χ2n) is 5.02. The van der Waals surface area contributed by atoms with Crippen molar-refractivity contribution in [2.24, 2.45) is 0 Å². The first kappa shape index (κ1) is 13.5. The van der Waals surface area contributed by atoms with Gasteiger partial charge < -0.3 is 5.11 Å². The van der Waals surface area contributed by atoms with Crippen LogP contribution in [0.1, 0.15) is 12.5 Å². The lowest BCUT2D eigenvalue weighted by Crippen LogP contribution is -2.38. The van der Waals surface area contributed by atoms with E-state index in [0.717, 1.165) is 5.56 Å². The summed E-state index contributed by atoms with van der Waals surface area (Å²) in [5.41, 5.74) is 1.13. The highest BCUT2D eigenvalue weighted by Gasteiger charge is 2.43. The van der Waals surface area contributed by atoms with Crippen LogP contribution in [0.4, 0.5) is 0 Å². The number of rotatable bonds is 3. The maximum Gasteiger partial charge on any atom is 0.154 e. The highest BCUT2D eigenvalue weighted by molar-refractivity contribution is 7.91. The van der Waals surface area contributed by atoms with E-state index in [-0.39, 0.29) is 6.04 Å². The van der Waals surface area contributed by atoms with Crippen molar-refractivity contribution in [3.63, 3.8) is 0 Å². The molecule has 100 valence electrons. The average Bonchev–Trinajstić information content (AvgIpc) is 2.54. The normalized spacial score (nSPS) is 29.6. The van der Waals surface area contributed by atoms with Gasteiger partial charge in [0.1, 0.15) is 5.25 Å². The molecule has 0 spiro atoms. The van der Waals surface area contributed by atoms with Crippen molar-refractivity contribution in [2.75, 3.05) is 12.8 Å². The first-order valence-electron chi connectivity index (χ1n) is 6.04. The van der Waals surface area contributed by atoms with Crippen LogP contribution in [0.5, 0.6) is 0 Å². The lowest BCUT2D eigenvalue weighted by molar-refractivity contribution is 0.174. The van der Waals surface area contributed by atoms with Crippen molar-refractivity contribution < 1.29 is 13.5 Å². The molecule has 5 heteroatoms. The number of sulfone groups is 1. The SMILES string of the molecule is CC1C(S(C)(=O)=O)C(O)CN1Cc1ccccc1. The maximum absolute atomic E-state index is 11.7. The van der Waals surface area contributed by atoms with Gasteiger partial charge in [-0.1, -0.05) is 30.3 Å². The highest BCUT2D eigenvalue weighted by atomic mass is 32.2. The molecular weight excluding hydrogens is 250 g/mol. The van der Waals surface area contributed by atoms with Gasteiger partial charge in [0.25, 0.3) is 0 Å². The Bertz CT molecular complexity index is 500. The summed E-state index contributed by atoms with van der Waals surface area (Å²) >= 11 is 0. The third-order valence-corrected chi connectivity index (χ3v) is 5.27. The second kappa shape index (κ2) is 4.99. The van der Waals surface area contributed by atoms with Crippen LogP contribution in [0.2, 0.25) is 0 Å². The minimum atomic E-state index is -3.22. The summed E-state index contributed by atoms with van der Waals surface area (Å²) in [6.45, 7) is 2.95. The van der Waals surface area contributed by atoms with E-state index in [1.165, 1.54) is 6.26 Å². The molecule has 1 fully saturated rings. The number of aliphatic hydroxyl groups excluding tert-OH is 1. The van der Waals surface area contributed by atoms with E-state index in [1.807, 2.05) is 42.2 Å². The molecular formula is C13H19NO3S. The predicted octanol–water partition coefficient (Wildman–Crippen LogP) is 0.665. The molecule has 3 unspecified atom stereocenters. The Labute approximate surface area is 108 Å². The van der Waals surface area contributed by atoms with Gasteiger partial charge in [-0.2, -0.15) is 0 Å². The zero-order valence-electron chi connectivity index (χ0n) is 10.7. The molecule has 1 aliphatic heterocycles. The van der Waals surface area contributed by atoms with Gasteiger partial charge in [-0.3, -0.25) is 4.90 Å². The molecule has 2 rings (SSSR count). The van der Waals surface area contributed by atoms with Gasteiger partial charge in [-0.15, -0.1) is 0 Å². The molecule has 0 aliphatic carbocycles. The standard InChI is InChI=1S/C13H19NO3S/c1-10-13(18(2,16)17)12(15)9-14(10)8-11-6-4-3-5-7-11/h3-7,10,12-13,15H,8-9H2,1-2H3. The van der Waals surface area contributed by atoms with Crippen LogP contribution in [0.3, 0.4) is 0 Å². The molecule has 3 atom stereocenters. The Morgan fingerprint density at radius 1 is 1.33 bits per heavy atom. The van der Waals surface area contributed by atoms with E-state index in [2.05, 4.69) is 0 Å². The number of β-amino-alcohol motifs (C(OH)–C–C–N with tert-alkyl or cyclic N) is 1. The zero-order chi connectivity index (χ0) is 13.3. The van der Waals surface area contributed by atoms with Crippen molar-refractivity contribution in [3.05, 3.63) is 35.9 Å². The third-order valence-electron chi connectivity index (χ3n) is 3.58. The van der Waals surface area contributed by atoms with E-state index in [0.29, 0.717) is 13.1 Å². The first-order chi connectivity index (χ1) is 8.39. The summed E-state index contributed by atoms with van der Waals surface area (Å²) in [6, 6.07) is 9.72. The molecule has 1 aromatic rings. The van der Waals surface area contributed by atoms with E-state index in [4.69, 9.17) is 0 Å². The molecule has 1 aromatic carbocycles. The third kappa shape index (κ3) is 2.74. The van der Waals surface area contributed by atoms with Gasteiger partial charge in [0.2, 0.25) is 0 Å². The predicted molar refractivity (Wildman–Crippen MR) is 71.0 cm³/mol. The Morgan fingerprint density at radius 2 is 1.94 bits per heavy atom. The fourth-order valence-corrected chi connectivity index (χ4v) is 4.25. The Morgan fingerprint density at radius 3 is 2.44 bits per heavy atom. The number of hydrogen-bond acceptors (Lipinski definition) is 4. The molecule has 0 bridgehead atoms. The number of hydrogen-bond donors (Lipinski definition) is 1. The van der Waals surface area contributed by atoms with Gasteiger partial charge in [0, 0.05) is 25.4 Å². The summed E-state index contributed by atoms with van der Waals surface area (Å²) in [5, 5.41) is 9.24. The second-order valence-corrected chi connectivity index (χ2v) is 7.22. The van der Waals surface area contributed by atoms with Crippen molar-refractivity contribution in [3.8, 4) is 0 Å². The molecule has 1 saturated heterocycles. The summed E-state index contributed by atoms with van der Waals surface area (Å²) in [4.78, 5) is 2.02. The van der Waals surface area contributed by atoms with Crippen LogP contribution >= 0.6 is 0 Å². The minimum absolute atomic E-state index is 0.157. The zero-order valence-corrected chi connectivity index (χ0v) is 11.5. The van der Waals surface area contributed by atoms with Gasteiger partial charge in [0.05, 0.1) is 6.10 Å². The molecule has 0 radical (unpaired) electrons. The van der Waals surface area contributed by atoms with Gasteiger partial charge >= 0.3 is 0 Å². The molecule has 0 saturated carbocycles. The van der Waals surface area contributed by atoms with Crippen molar-refractivity contribution >= 4 is 9.84 Å². The average molecular weight is 269 g/mol. The monoisotopic (exact) mass is 269 g/mol. The molecule has 18 heavy (non-hydrogen) atoms. The van der Waals surface area contributed by atoms with Crippen molar-refractivity contribution in [1.82, 2.24) is 4.90 Å². The van der Waals surface area contributed by atoms with E-state index < -0.39 is 21.2 Å². The maximum atomic E-state index is 11.7. The highest BCUT2D eigenvalue weighted by Crippen LogP contribution is 2.25. The van der Waals surface area contributed by atoms with E-state index in [9.17, 15) is 13.5 Å². The van der Waals surface area contributed by atoms with Crippen LogP contribution in [0.25, 0.3) is 0 Å². The fraction of sp³-hybridized carbons (Fsp3) is 0.538. The first-order valence-corrected chi connectivity index (χ1v) is 8.00. The molecule has 1 heterocycles. The molecule has 4 nitrogen and oxygen atoms in total. The molecule has 0 amide bonds. The number of likely N-dealkylation sites (tertiary alicyclic amines) is 1. The molecule has 1 N–H and O–H groups in total. The van der Waals surface area contributed by atoms with Crippen LogP contribution in [-0.4, -0.2) is 48.6 Å². The topological polar surface area (TPSA) is 57.6 Å². The van der Waals surface area contributed by atoms with Crippen molar-refractivity contribution in [1.29, 1.82) is 0 Å². The number of aliphatic hydroxyl groups is 1. The largest absolute Gasteiger partial charge is 0.390 e. The van der Waals surface area contributed by atoms with E-state index >= 15 is 0 Å². The van der Waals surface area contributed by atoms with Crippen LogP contribution < -0.4 is 0 Å². The van der Waals surface area contributed by atoms with Crippen molar-refractivity contribution in [2.45, 2.75) is 30.9 Å². The quantitative estimate of drug-likeness (QED) is 0.876. The molecule has 1 aliphatic rings. The fourth-order valence-electron chi connectivity index (χ4n) is 2.71. The van der Waals surface area contributed by atoms with Crippen LogP contribution in [0.15, 0.2) is 30.3 Å². The van der Waals surface area contributed by atoms with E-state index in [1.54, 1.807) is 0 Å². The summed E-state index contributed by atoms with van der Waals surface area (Å²) in [7, 11) is -3.22. The lowest BCUT2D eigenvalue weighted by atomic mass is 10.2. The summed E-state index contributed by atoms with van der Waals surface area (Å²) in [6.07, 6.45) is 0.405. The van der Waals surface area contributed by atoms with Gasteiger partial charge in [-0.05, 0) is 12.5 Å². The van der Waals surface area contributed by atoms with Gasteiger partial charge in [0.15, 0.2) is 9.84 Å². The number of nitrogens with zero attached hydrogens (tertiary/aromatic N) is 1. The minimum Gasteiger partial charge on any atom is -0.390 e. The van der Waals surface area contributed by atoms with Crippen LogP contribution in [-0.2, 0) is 16.4 Å². The Balaban J connectivity index is 2.14. The summed E-state index contributed by atoms with van der Waals surface area (Å²) in [5.74, 6) is 0. The lowest BCUT2D eigenvalue weighted by Gasteiger charge is -2.23. The summed E-state index contributed by atoms with van der Waals surface area (Å²) < 4.78 is 23.3.